The molecule has 0 aliphatic rings. The highest BCUT2D eigenvalue weighted by atomic mass is 79.9. The summed E-state index contributed by atoms with van der Waals surface area (Å²) in [6.07, 6.45) is 1.00. The van der Waals surface area contributed by atoms with Crippen LogP contribution in [0, 0.1) is 0 Å². The molecular formula is C11H15BrFN. The Morgan fingerprint density at radius 3 is 2.71 bits per heavy atom. The van der Waals surface area contributed by atoms with Crippen LogP contribution in [0.4, 0.5) is 4.39 Å². The van der Waals surface area contributed by atoms with Crippen molar-refractivity contribution in [3.05, 3.63) is 33.8 Å². The molecule has 1 aromatic rings. The molecule has 14 heavy (non-hydrogen) atoms. The van der Waals surface area contributed by atoms with E-state index in [1.807, 2.05) is 18.2 Å². The van der Waals surface area contributed by atoms with Crippen LogP contribution in [0.15, 0.2) is 22.7 Å². The molecule has 1 nitrogen and oxygen atoms in total. The monoisotopic (exact) mass is 259 g/mol. The van der Waals surface area contributed by atoms with E-state index in [0.717, 1.165) is 17.3 Å². The van der Waals surface area contributed by atoms with Gasteiger partial charge in [0.15, 0.2) is 0 Å². The van der Waals surface area contributed by atoms with E-state index in [1.165, 1.54) is 5.56 Å². The standard InChI is InChI=1S/C11H15BrFN/c1-8(13)10-5-4-9(3-2-6-14)7-11(10)12/h4-5,7-8H,2-3,6,14H2,1H3. The topological polar surface area (TPSA) is 26.0 Å². The summed E-state index contributed by atoms with van der Waals surface area (Å²) in [5, 5.41) is 0. The Morgan fingerprint density at radius 2 is 2.21 bits per heavy atom. The summed E-state index contributed by atoms with van der Waals surface area (Å²) in [5.74, 6) is 0. The lowest BCUT2D eigenvalue weighted by Gasteiger charge is -2.07. The van der Waals surface area contributed by atoms with Crippen molar-refractivity contribution in [2.45, 2.75) is 25.9 Å². The average molecular weight is 260 g/mol. The molecule has 0 saturated carbocycles. The maximum atomic E-state index is 13.0. The lowest BCUT2D eigenvalue weighted by molar-refractivity contribution is 0.373. The van der Waals surface area contributed by atoms with E-state index in [4.69, 9.17) is 5.73 Å². The molecular weight excluding hydrogens is 245 g/mol. The van der Waals surface area contributed by atoms with Crippen molar-refractivity contribution in [3.8, 4) is 0 Å². The van der Waals surface area contributed by atoms with Crippen molar-refractivity contribution < 1.29 is 4.39 Å². The van der Waals surface area contributed by atoms with Gasteiger partial charge in [-0.2, -0.15) is 0 Å². The van der Waals surface area contributed by atoms with Crippen molar-refractivity contribution in [2.75, 3.05) is 6.54 Å². The molecule has 0 aliphatic heterocycles. The zero-order valence-electron chi connectivity index (χ0n) is 8.26. The third-order valence-corrected chi connectivity index (χ3v) is 2.85. The second-order valence-electron chi connectivity index (χ2n) is 3.36. The van der Waals surface area contributed by atoms with E-state index in [1.54, 1.807) is 6.92 Å². The molecule has 1 aromatic carbocycles. The Bertz CT molecular complexity index is 299. The molecule has 0 spiro atoms. The zero-order valence-corrected chi connectivity index (χ0v) is 9.85. The summed E-state index contributed by atoms with van der Waals surface area (Å²) in [7, 11) is 0. The van der Waals surface area contributed by atoms with Crippen molar-refractivity contribution in [3.63, 3.8) is 0 Å². The highest BCUT2D eigenvalue weighted by molar-refractivity contribution is 9.10. The summed E-state index contributed by atoms with van der Waals surface area (Å²) < 4.78 is 13.9. The van der Waals surface area contributed by atoms with Gasteiger partial charge in [0.1, 0.15) is 6.17 Å². The molecule has 0 bridgehead atoms. The first kappa shape index (κ1) is 11.7. The smallest absolute Gasteiger partial charge is 0.123 e. The second-order valence-corrected chi connectivity index (χ2v) is 4.22. The quantitative estimate of drug-likeness (QED) is 0.882. The summed E-state index contributed by atoms with van der Waals surface area (Å²) in [6, 6.07) is 5.77. The SMILES string of the molecule is CC(F)c1ccc(CCCN)cc1Br. The Balaban J connectivity index is 2.78. The normalized spacial score (nSPS) is 12.9. The number of hydrogen-bond acceptors (Lipinski definition) is 1. The lowest BCUT2D eigenvalue weighted by Crippen LogP contribution is -2.00. The lowest BCUT2D eigenvalue weighted by atomic mass is 10.1. The Morgan fingerprint density at radius 1 is 1.50 bits per heavy atom. The van der Waals surface area contributed by atoms with Crippen molar-refractivity contribution in [2.24, 2.45) is 5.73 Å². The molecule has 78 valence electrons. The van der Waals surface area contributed by atoms with Gasteiger partial charge in [-0.15, -0.1) is 0 Å². The van der Waals surface area contributed by atoms with Gasteiger partial charge in [-0.25, -0.2) is 4.39 Å². The summed E-state index contributed by atoms with van der Waals surface area (Å²) in [6.45, 7) is 2.23. The zero-order chi connectivity index (χ0) is 10.6. The minimum Gasteiger partial charge on any atom is -0.330 e. The largest absolute Gasteiger partial charge is 0.330 e. The van der Waals surface area contributed by atoms with Gasteiger partial charge in [0.05, 0.1) is 0 Å². The maximum Gasteiger partial charge on any atom is 0.123 e. The van der Waals surface area contributed by atoms with Crippen molar-refractivity contribution in [1.82, 2.24) is 0 Å². The first-order chi connectivity index (χ1) is 6.65. The Kier molecular flexibility index (Phi) is 4.55. The van der Waals surface area contributed by atoms with Gasteiger partial charge in [-0.3, -0.25) is 0 Å². The predicted octanol–water partition coefficient (Wildman–Crippen LogP) is 3.37. The van der Waals surface area contributed by atoms with E-state index < -0.39 is 6.17 Å². The summed E-state index contributed by atoms with van der Waals surface area (Å²) in [4.78, 5) is 0. The number of benzene rings is 1. The van der Waals surface area contributed by atoms with Crippen LogP contribution in [0.3, 0.4) is 0 Å². The van der Waals surface area contributed by atoms with Crippen molar-refractivity contribution >= 4 is 15.9 Å². The number of halogens is 2. The van der Waals surface area contributed by atoms with Gasteiger partial charge in [0.2, 0.25) is 0 Å². The number of hydrogen-bond donors (Lipinski definition) is 1. The van der Waals surface area contributed by atoms with Crippen LogP contribution >= 0.6 is 15.9 Å². The van der Waals surface area contributed by atoms with Crippen LogP contribution in [0.5, 0.6) is 0 Å². The van der Waals surface area contributed by atoms with Gasteiger partial charge in [0, 0.05) is 4.47 Å². The number of nitrogens with two attached hydrogens (primary N) is 1. The van der Waals surface area contributed by atoms with Crippen LogP contribution in [0.1, 0.15) is 30.6 Å². The number of aryl methyl sites for hydroxylation is 1. The molecule has 0 amide bonds. The third kappa shape index (κ3) is 3.07. The molecule has 1 unspecified atom stereocenters. The number of rotatable bonds is 4. The highest BCUT2D eigenvalue weighted by Gasteiger charge is 2.07. The molecule has 0 aliphatic carbocycles. The minimum absolute atomic E-state index is 0.693. The first-order valence-corrected chi connectivity index (χ1v) is 5.57. The Labute approximate surface area is 92.6 Å². The summed E-state index contributed by atoms with van der Waals surface area (Å²) >= 11 is 3.37. The van der Waals surface area contributed by atoms with Crippen LogP contribution in [-0.2, 0) is 6.42 Å². The van der Waals surface area contributed by atoms with Gasteiger partial charge in [0.25, 0.3) is 0 Å². The fraction of sp³-hybridized carbons (Fsp3) is 0.455. The van der Waals surface area contributed by atoms with Crippen LogP contribution in [0.2, 0.25) is 0 Å². The van der Waals surface area contributed by atoms with Crippen LogP contribution in [-0.4, -0.2) is 6.54 Å². The Hall–Kier alpha value is -0.410. The number of alkyl halides is 1. The van der Waals surface area contributed by atoms with Gasteiger partial charge >= 0.3 is 0 Å². The van der Waals surface area contributed by atoms with E-state index in [2.05, 4.69) is 15.9 Å². The van der Waals surface area contributed by atoms with E-state index in [0.29, 0.717) is 12.1 Å². The highest BCUT2D eigenvalue weighted by Crippen LogP contribution is 2.26. The van der Waals surface area contributed by atoms with Crippen LogP contribution in [0.25, 0.3) is 0 Å². The predicted molar refractivity (Wildman–Crippen MR) is 61.0 cm³/mol. The molecule has 1 atom stereocenters. The van der Waals surface area contributed by atoms with Gasteiger partial charge < -0.3 is 5.73 Å². The maximum absolute atomic E-state index is 13.0. The van der Waals surface area contributed by atoms with E-state index >= 15 is 0 Å². The first-order valence-electron chi connectivity index (χ1n) is 4.77. The average Bonchev–Trinajstić information content (AvgIpc) is 2.14. The molecule has 2 N–H and O–H groups in total. The van der Waals surface area contributed by atoms with E-state index in [9.17, 15) is 4.39 Å². The van der Waals surface area contributed by atoms with Crippen molar-refractivity contribution in [1.29, 1.82) is 0 Å². The fourth-order valence-electron chi connectivity index (χ4n) is 1.35. The van der Waals surface area contributed by atoms with Crippen LogP contribution < -0.4 is 5.73 Å². The van der Waals surface area contributed by atoms with E-state index in [-0.39, 0.29) is 0 Å². The molecule has 0 fully saturated rings. The minimum atomic E-state index is -0.923. The molecule has 0 heterocycles. The summed E-state index contributed by atoms with van der Waals surface area (Å²) in [5.41, 5.74) is 7.33. The molecule has 0 saturated heterocycles. The molecule has 1 rings (SSSR count). The molecule has 3 heteroatoms. The third-order valence-electron chi connectivity index (χ3n) is 2.16. The second kappa shape index (κ2) is 5.47. The molecule has 0 radical (unpaired) electrons. The van der Waals surface area contributed by atoms with Gasteiger partial charge in [-0.05, 0) is 43.5 Å². The van der Waals surface area contributed by atoms with Gasteiger partial charge in [-0.1, -0.05) is 28.1 Å². The molecule has 0 aromatic heterocycles. The fourth-order valence-corrected chi connectivity index (χ4v) is 2.10.